The SMILES string of the molecule is CNC(=O)C[NH2+]CC(=O)N1CCc2ccccc21. The van der Waals surface area contributed by atoms with Crippen molar-refractivity contribution in [1.82, 2.24) is 5.32 Å². The van der Waals surface area contributed by atoms with Gasteiger partial charge in [-0.25, -0.2) is 0 Å². The van der Waals surface area contributed by atoms with E-state index in [1.807, 2.05) is 18.2 Å². The number of quaternary nitrogens is 1. The maximum Gasteiger partial charge on any atom is 0.282 e. The summed E-state index contributed by atoms with van der Waals surface area (Å²) >= 11 is 0. The summed E-state index contributed by atoms with van der Waals surface area (Å²) in [5.74, 6) is -0.00604. The smallest absolute Gasteiger partial charge is 0.282 e. The number of nitrogens with one attached hydrogen (secondary N) is 1. The lowest BCUT2D eigenvalue weighted by Crippen LogP contribution is -2.88. The second-order valence-corrected chi connectivity index (χ2v) is 4.29. The number of carbonyl (C=O) groups excluding carboxylic acids is 2. The van der Waals surface area contributed by atoms with Gasteiger partial charge in [0.05, 0.1) is 0 Å². The van der Waals surface area contributed by atoms with Gasteiger partial charge < -0.3 is 15.5 Å². The van der Waals surface area contributed by atoms with E-state index in [1.165, 1.54) is 5.56 Å². The molecule has 0 fully saturated rings. The van der Waals surface area contributed by atoms with Crippen LogP contribution in [0.2, 0.25) is 0 Å². The fourth-order valence-electron chi connectivity index (χ4n) is 2.14. The number of likely N-dealkylation sites (N-methyl/N-ethyl adjacent to an activating group) is 1. The fourth-order valence-corrected chi connectivity index (χ4v) is 2.14. The molecule has 5 heteroatoms. The van der Waals surface area contributed by atoms with E-state index in [4.69, 9.17) is 0 Å². The Labute approximate surface area is 106 Å². The number of carbonyl (C=O) groups is 2. The lowest BCUT2D eigenvalue weighted by molar-refractivity contribution is -0.632. The highest BCUT2D eigenvalue weighted by Crippen LogP contribution is 2.26. The molecule has 0 unspecified atom stereocenters. The Morgan fingerprint density at radius 3 is 2.89 bits per heavy atom. The van der Waals surface area contributed by atoms with Crippen molar-refractivity contribution >= 4 is 17.5 Å². The minimum Gasteiger partial charge on any atom is -0.354 e. The minimum absolute atomic E-state index is 0.0591. The zero-order chi connectivity index (χ0) is 13.0. The molecule has 0 atom stereocenters. The van der Waals surface area contributed by atoms with Crippen LogP contribution in [0.15, 0.2) is 24.3 Å². The van der Waals surface area contributed by atoms with Gasteiger partial charge in [0.1, 0.15) is 0 Å². The number of para-hydroxylation sites is 1. The summed E-state index contributed by atoms with van der Waals surface area (Å²) in [4.78, 5) is 24.9. The van der Waals surface area contributed by atoms with E-state index in [-0.39, 0.29) is 18.4 Å². The highest BCUT2D eigenvalue weighted by molar-refractivity contribution is 5.96. The van der Waals surface area contributed by atoms with Crippen LogP contribution in [0.1, 0.15) is 5.56 Å². The van der Waals surface area contributed by atoms with Crippen LogP contribution < -0.4 is 15.5 Å². The zero-order valence-electron chi connectivity index (χ0n) is 10.5. The number of benzene rings is 1. The second kappa shape index (κ2) is 5.64. The minimum atomic E-state index is -0.0652. The molecule has 1 aromatic carbocycles. The van der Waals surface area contributed by atoms with Crippen LogP contribution in [0, 0.1) is 0 Å². The third kappa shape index (κ3) is 2.68. The highest BCUT2D eigenvalue weighted by atomic mass is 16.2. The Hall–Kier alpha value is -1.88. The number of hydrogen-bond acceptors (Lipinski definition) is 2. The van der Waals surface area contributed by atoms with Gasteiger partial charge in [-0.15, -0.1) is 0 Å². The molecule has 1 aromatic rings. The number of nitrogens with zero attached hydrogens (tertiary/aromatic N) is 1. The van der Waals surface area contributed by atoms with Crippen molar-refractivity contribution in [2.45, 2.75) is 6.42 Å². The van der Waals surface area contributed by atoms with Gasteiger partial charge in [-0.3, -0.25) is 9.59 Å². The van der Waals surface area contributed by atoms with Gasteiger partial charge in [0.25, 0.3) is 11.8 Å². The average molecular weight is 248 g/mol. The molecular weight excluding hydrogens is 230 g/mol. The van der Waals surface area contributed by atoms with Crippen molar-refractivity contribution in [1.29, 1.82) is 0 Å². The fraction of sp³-hybridized carbons (Fsp3) is 0.385. The molecule has 1 heterocycles. The van der Waals surface area contributed by atoms with Crippen LogP contribution in [0.25, 0.3) is 0 Å². The van der Waals surface area contributed by atoms with Crippen molar-refractivity contribution in [3.63, 3.8) is 0 Å². The van der Waals surface area contributed by atoms with Crippen molar-refractivity contribution in [2.75, 3.05) is 31.6 Å². The first-order chi connectivity index (χ1) is 8.72. The van der Waals surface area contributed by atoms with E-state index in [0.717, 1.165) is 18.7 Å². The van der Waals surface area contributed by atoms with Gasteiger partial charge in [0.2, 0.25) is 0 Å². The Bertz CT molecular complexity index is 459. The number of nitrogens with two attached hydrogens (primary N) is 1. The Morgan fingerprint density at radius 1 is 1.33 bits per heavy atom. The van der Waals surface area contributed by atoms with Crippen LogP contribution in [0.4, 0.5) is 5.69 Å². The zero-order valence-corrected chi connectivity index (χ0v) is 10.5. The number of rotatable bonds is 4. The third-order valence-electron chi connectivity index (χ3n) is 3.12. The first-order valence-electron chi connectivity index (χ1n) is 6.13. The number of fused-ring (bicyclic) bond motifs is 1. The molecule has 1 aliphatic heterocycles. The standard InChI is InChI=1S/C13H17N3O2/c1-14-12(17)8-15-9-13(18)16-7-6-10-4-2-3-5-11(10)16/h2-5,15H,6-9H2,1H3,(H,14,17)/p+1. The number of anilines is 1. The van der Waals surface area contributed by atoms with Crippen LogP contribution in [-0.2, 0) is 16.0 Å². The normalized spacial score (nSPS) is 13.3. The van der Waals surface area contributed by atoms with Crippen LogP contribution in [0.3, 0.4) is 0 Å². The summed E-state index contributed by atoms with van der Waals surface area (Å²) in [6, 6.07) is 7.96. The molecular formula is C13H18N3O2+. The van der Waals surface area contributed by atoms with E-state index >= 15 is 0 Å². The molecule has 0 radical (unpaired) electrons. The molecule has 5 nitrogen and oxygen atoms in total. The molecule has 2 rings (SSSR count). The lowest BCUT2D eigenvalue weighted by Gasteiger charge is -2.16. The van der Waals surface area contributed by atoms with Gasteiger partial charge in [-0.2, -0.15) is 0 Å². The second-order valence-electron chi connectivity index (χ2n) is 4.29. The summed E-state index contributed by atoms with van der Waals surface area (Å²) in [7, 11) is 1.59. The Kier molecular flexibility index (Phi) is 3.94. The van der Waals surface area contributed by atoms with Gasteiger partial charge in [-0.05, 0) is 18.1 Å². The van der Waals surface area contributed by atoms with E-state index in [1.54, 1.807) is 17.3 Å². The van der Waals surface area contributed by atoms with E-state index in [2.05, 4.69) is 11.4 Å². The summed E-state index contributed by atoms with van der Waals surface area (Å²) in [6.07, 6.45) is 0.914. The Balaban J connectivity index is 1.90. The predicted molar refractivity (Wildman–Crippen MR) is 68.2 cm³/mol. The molecule has 0 saturated heterocycles. The number of hydrogen-bond donors (Lipinski definition) is 2. The first-order valence-corrected chi connectivity index (χ1v) is 6.13. The first kappa shape index (κ1) is 12.6. The molecule has 0 bridgehead atoms. The summed E-state index contributed by atoms with van der Waals surface area (Å²) in [5.41, 5.74) is 2.23. The molecule has 3 N–H and O–H groups in total. The molecule has 1 aliphatic rings. The van der Waals surface area contributed by atoms with Gasteiger partial charge in [0, 0.05) is 19.3 Å². The summed E-state index contributed by atoms with van der Waals surface area (Å²) in [5, 5.41) is 4.25. The third-order valence-corrected chi connectivity index (χ3v) is 3.12. The molecule has 2 amide bonds. The van der Waals surface area contributed by atoms with Crippen LogP contribution in [-0.4, -0.2) is 38.5 Å². The molecule has 96 valence electrons. The maximum absolute atomic E-state index is 12.0. The predicted octanol–water partition coefficient (Wildman–Crippen LogP) is -1.11. The van der Waals surface area contributed by atoms with E-state index in [9.17, 15) is 9.59 Å². The van der Waals surface area contributed by atoms with Crippen LogP contribution >= 0.6 is 0 Å². The summed E-state index contributed by atoms with van der Waals surface area (Å²) < 4.78 is 0. The monoisotopic (exact) mass is 248 g/mol. The Morgan fingerprint density at radius 2 is 2.11 bits per heavy atom. The highest BCUT2D eigenvalue weighted by Gasteiger charge is 2.24. The lowest BCUT2D eigenvalue weighted by atomic mass is 10.2. The van der Waals surface area contributed by atoms with Crippen molar-refractivity contribution in [3.8, 4) is 0 Å². The topological polar surface area (TPSA) is 66.0 Å². The van der Waals surface area contributed by atoms with Gasteiger partial charge in [-0.1, -0.05) is 18.2 Å². The van der Waals surface area contributed by atoms with E-state index in [0.29, 0.717) is 6.54 Å². The van der Waals surface area contributed by atoms with E-state index < -0.39 is 0 Å². The molecule has 0 aromatic heterocycles. The molecule has 18 heavy (non-hydrogen) atoms. The molecule has 0 spiro atoms. The van der Waals surface area contributed by atoms with Crippen LogP contribution in [0.5, 0.6) is 0 Å². The molecule has 0 saturated carbocycles. The van der Waals surface area contributed by atoms with Crippen molar-refractivity contribution in [3.05, 3.63) is 29.8 Å². The number of amides is 2. The van der Waals surface area contributed by atoms with Crippen molar-refractivity contribution in [2.24, 2.45) is 0 Å². The van der Waals surface area contributed by atoms with Gasteiger partial charge in [0.15, 0.2) is 13.1 Å². The average Bonchev–Trinajstić information content (AvgIpc) is 2.82. The van der Waals surface area contributed by atoms with Crippen molar-refractivity contribution < 1.29 is 14.9 Å². The van der Waals surface area contributed by atoms with Gasteiger partial charge >= 0.3 is 0 Å². The quantitative estimate of drug-likeness (QED) is 0.709. The molecule has 0 aliphatic carbocycles. The largest absolute Gasteiger partial charge is 0.354 e. The summed E-state index contributed by atoms with van der Waals surface area (Å²) in [6.45, 7) is 1.34. The maximum atomic E-state index is 12.0.